The number of ether oxygens (including phenoxy) is 1. The van der Waals surface area contributed by atoms with Gasteiger partial charge in [-0.25, -0.2) is 8.78 Å². The summed E-state index contributed by atoms with van der Waals surface area (Å²) >= 11 is 0. The van der Waals surface area contributed by atoms with Gasteiger partial charge < -0.3 is 4.74 Å². The lowest BCUT2D eigenvalue weighted by Crippen LogP contribution is -2.33. The van der Waals surface area contributed by atoms with E-state index in [2.05, 4.69) is 5.43 Å². The van der Waals surface area contributed by atoms with E-state index in [1.54, 1.807) is 12.1 Å². The Morgan fingerprint density at radius 1 is 1.37 bits per heavy atom. The predicted octanol–water partition coefficient (Wildman–Crippen LogP) is 2.74. The number of rotatable bonds is 4. The van der Waals surface area contributed by atoms with Crippen molar-refractivity contribution in [2.24, 2.45) is 5.84 Å². The van der Waals surface area contributed by atoms with Crippen LogP contribution in [0.5, 0.6) is 0 Å². The molecule has 106 valence electrons. The molecule has 3 nitrogen and oxygen atoms in total. The zero-order valence-corrected chi connectivity index (χ0v) is 11.1. The molecule has 1 aromatic rings. The first-order valence-corrected chi connectivity index (χ1v) is 6.65. The number of hydrazine groups is 1. The smallest absolute Gasteiger partial charge is 0.163 e. The SMILES string of the molecule is Cc1ccc(C(CC2CCCCO2)NN)c(F)c1F. The highest BCUT2D eigenvalue weighted by atomic mass is 19.2. The largest absolute Gasteiger partial charge is 0.378 e. The summed E-state index contributed by atoms with van der Waals surface area (Å²) in [6.07, 6.45) is 3.71. The quantitative estimate of drug-likeness (QED) is 0.653. The van der Waals surface area contributed by atoms with Crippen LogP contribution in [0.3, 0.4) is 0 Å². The molecule has 2 rings (SSSR count). The van der Waals surface area contributed by atoms with E-state index in [4.69, 9.17) is 10.6 Å². The average Bonchev–Trinajstić information content (AvgIpc) is 2.44. The van der Waals surface area contributed by atoms with E-state index >= 15 is 0 Å². The van der Waals surface area contributed by atoms with Crippen molar-refractivity contribution in [3.8, 4) is 0 Å². The summed E-state index contributed by atoms with van der Waals surface area (Å²) in [6, 6.07) is 2.72. The molecule has 0 amide bonds. The predicted molar refractivity (Wildman–Crippen MR) is 69.4 cm³/mol. The zero-order valence-electron chi connectivity index (χ0n) is 11.1. The Balaban J connectivity index is 2.14. The van der Waals surface area contributed by atoms with Gasteiger partial charge >= 0.3 is 0 Å². The number of halogens is 2. The number of hydrogen-bond acceptors (Lipinski definition) is 3. The van der Waals surface area contributed by atoms with Gasteiger partial charge in [-0.2, -0.15) is 0 Å². The summed E-state index contributed by atoms with van der Waals surface area (Å²) in [5, 5.41) is 0. The fourth-order valence-corrected chi connectivity index (χ4v) is 2.47. The lowest BCUT2D eigenvalue weighted by Gasteiger charge is -2.27. The van der Waals surface area contributed by atoms with E-state index in [-0.39, 0.29) is 11.7 Å². The molecule has 2 unspecified atom stereocenters. The van der Waals surface area contributed by atoms with Gasteiger partial charge in [-0.1, -0.05) is 12.1 Å². The molecule has 19 heavy (non-hydrogen) atoms. The second kappa shape index (κ2) is 6.41. The van der Waals surface area contributed by atoms with Gasteiger partial charge in [0, 0.05) is 12.2 Å². The van der Waals surface area contributed by atoms with E-state index < -0.39 is 17.7 Å². The fraction of sp³-hybridized carbons (Fsp3) is 0.571. The Hall–Kier alpha value is -1.04. The minimum Gasteiger partial charge on any atom is -0.378 e. The Bertz CT molecular complexity index is 434. The fourth-order valence-electron chi connectivity index (χ4n) is 2.47. The maximum atomic E-state index is 13.9. The molecule has 1 aromatic carbocycles. The van der Waals surface area contributed by atoms with Crippen molar-refractivity contribution < 1.29 is 13.5 Å². The van der Waals surface area contributed by atoms with Crippen LogP contribution in [0.25, 0.3) is 0 Å². The Morgan fingerprint density at radius 2 is 2.16 bits per heavy atom. The molecule has 0 radical (unpaired) electrons. The van der Waals surface area contributed by atoms with Gasteiger partial charge in [-0.3, -0.25) is 11.3 Å². The number of aryl methyl sites for hydroxylation is 1. The van der Waals surface area contributed by atoms with Crippen molar-refractivity contribution in [3.05, 3.63) is 34.9 Å². The number of nitrogens with two attached hydrogens (primary N) is 1. The normalized spacial score (nSPS) is 21.4. The van der Waals surface area contributed by atoms with Crippen LogP contribution >= 0.6 is 0 Å². The minimum atomic E-state index is -0.821. The van der Waals surface area contributed by atoms with Crippen LogP contribution < -0.4 is 11.3 Å². The summed E-state index contributed by atoms with van der Waals surface area (Å²) in [5.41, 5.74) is 3.13. The van der Waals surface area contributed by atoms with Crippen molar-refractivity contribution in [1.29, 1.82) is 0 Å². The van der Waals surface area contributed by atoms with Gasteiger partial charge in [-0.15, -0.1) is 0 Å². The summed E-state index contributed by atoms with van der Waals surface area (Å²) in [5.74, 6) is 3.86. The summed E-state index contributed by atoms with van der Waals surface area (Å²) in [7, 11) is 0. The molecule has 3 N–H and O–H groups in total. The molecule has 0 aromatic heterocycles. The lowest BCUT2D eigenvalue weighted by molar-refractivity contribution is 0.00479. The van der Waals surface area contributed by atoms with Crippen molar-refractivity contribution in [1.82, 2.24) is 5.43 Å². The van der Waals surface area contributed by atoms with E-state index in [0.717, 1.165) is 25.9 Å². The third-order valence-corrected chi connectivity index (χ3v) is 3.65. The van der Waals surface area contributed by atoms with E-state index in [1.807, 2.05) is 0 Å². The van der Waals surface area contributed by atoms with Crippen LogP contribution in [0.15, 0.2) is 12.1 Å². The summed E-state index contributed by atoms with van der Waals surface area (Å²) < 4.78 is 33.1. The first-order chi connectivity index (χ1) is 9.13. The van der Waals surface area contributed by atoms with Gasteiger partial charge in [0.05, 0.1) is 12.1 Å². The van der Waals surface area contributed by atoms with Gasteiger partial charge in [0.15, 0.2) is 11.6 Å². The van der Waals surface area contributed by atoms with Crippen LogP contribution in [-0.4, -0.2) is 12.7 Å². The Labute approximate surface area is 112 Å². The Morgan fingerprint density at radius 3 is 2.79 bits per heavy atom. The van der Waals surface area contributed by atoms with Gasteiger partial charge in [0.1, 0.15) is 0 Å². The van der Waals surface area contributed by atoms with E-state index in [0.29, 0.717) is 12.0 Å². The third kappa shape index (κ3) is 3.29. The first-order valence-electron chi connectivity index (χ1n) is 6.65. The molecule has 0 spiro atoms. The average molecular weight is 270 g/mol. The monoisotopic (exact) mass is 270 g/mol. The summed E-state index contributed by atoms with van der Waals surface area (Å²) in [4.78, 5) is 0. The Kier molecular flexibility index (Phi) is 4.85. The zero-order chi connectivity index (χ0) is 13.8. The third-order valence-electron chi connectivity index (χ3n) is 3.65. The summed E-state index contributed by atoms with van der Waals surface area (Å²) in [6.45, 7) is 2.27. The highest BCUT2D eigenvalue weighted by Crippen LogP contribution is 2.27. The molecule has 1 saturated heterocycles. The van der Waals surface area contributed by atoms with Crippen LogP contribution in [0.4, 0.5) is 8.78 Å². The van der Waals surface area contributed by atoms with Crippen molar-refractivity contribution in [2.45, 2.75) is 44.8 Å². The highest BCUT2D eigenvalue weighted by Gasteiger charge is 2.23. The molecule has 5 heteroatoms. The highest BCUT2D eigenvalue weighted by molar-refractivity contribution is 5.28. The second-order valence-electron chi connectivity index (χ2n) is 5.04. The molecule has 1 fully saturated rings. The number of hydrogen-bond donors (Lipinski definition) is 2. The molecule has 1 aliphatic rings. The minimum absolute atomic E-state index is 0.0542. The molecule has 2 atom stereocenters. The van der Waals surface area contributed by atoms with Crippen molar-refractivity contribution >= 4 is 0 Å². The van der Waals surface area contributed by atoms with Crippen molar-refractivity contribution in [2.75, 3.05) is 6.61 Å². The van der Waals surface area contributed by atoms with Gasteiger partial charge in [-0.05, 0) is 38.2 Å². The molecule has 0 aliphatic carbocycles. The first kappa shape index (κ1) is 14.4. The second-order valence-corrected chi connectivity index (χ2v) is 5.04. The van der Waals surface area contributed by atoms with Gasteiger partial charge in [0.25, 0.3) is 0 Å². The van der Waals surface area contributed by atoms with Gasteiger partial charge in [0.2, 0.25) is 0 Å². The maximum absolute atomic E-state index is 13.9. The van der Waals surface area contributed by atoms with E-state index in [1.165, 1.54) is 6.92 Å². The molecule has 0 saturated carbocycles. The molecule has 1 heterocycles. The van der Waals surface area contributed by atoms with E-state index in [9.17, 15) is 8.78 Å². The molecular formula is C14H20F2N2O. The van der Waals surface area contributed by atoms with Crippen LogP contribution in [0.1, 0.15) is 42.9 Å². The maximum Gasteiger partial charge on any atom is 0.163 e. The van der Waals surface area contributed by atoms with Crippen molar-refractivity contribution in [3.63, 3.8) is 0 Å². The number of nitrogens with one attached hydrogen (secondary N) is 1. The topological polar surface area (TPSA) is 47.3 Å². The molecular weight excluding hydrogens is 250 g/mol. The lowest BCUT2D eigenvalue weighted by atomic mass is 9.96. The van der Waals surface area contributed by atoms with Crippen LogP contribution in [0.2, 0.25) is 0 Å². The van der Waals surface area contributed by atoms with Crippen LogP contribution in [0, 0.1) is 18.6 Å². The standard InChI is InChI=1S/C14H20F2N2O/c1-9-5-6-11(14(16)13(9)15)12(18-17)8-10-4-2-3-7-19-10/h5-6,10,12,18H,2-4,7-8,17H2,1H3. The van der Waals surface area contributed by atoms with Crippen LogP contribution in [-0.2, 0) is 4.74 Å². The number of benzene rings is 1. The molecule has 1 aliphatic heterocycles. The molecule has 0 bridgehead atoms.